The van der Waals surface area contributed by atoms with Gasteiger partial charge in [-0.25, -0.2) is 9.78 Å². The van der Waals surface area contributed by atoms with Gasteiger partial charge < -0.3 is 32.7 Å². The van der Waals surface area contributed by atoms with Crippen LogP contribution in [-0.4, -0.2) is 56.7 Å². The Labute approximate surface area is 285 Å². The van der Waals surface area contributed by atoms with E-state index in [2.05, 4.69) is 51.0 Å². The molecule has 1 saturated heterocycles. The quantitative estimate of drug-likeness (QED) is 0.0903. The summed E-state index contributed by atoms with van der Waals surface area (Å²) in [5, 5.41) is -0.00246. The zero-order valence-electron chi connectivity index (χ0n) is 29.3. The van der Waals surface area contributed by atoms with Crippen LogP contribution in [0.2, 0.25) is 18.1 Å². The van der Waals surface area contributed by atoms with E-state index in [1.807, 2.05) is 35.0 Å². The van der Waals surface area contributed by atoms with Crippen LogP contribution >= 0.6 is 0 Å². The second kappa shape index (κ2) is 16.9. The molecule has 0 amide bonds. The van der Waals surface area contributed by atoms with Gasteiger partial charge in [0.1, 0.15) is 18.1 Å². The molecule has 1 aromatic heterocycles. The number of aromatic nitrogens is 2. The summed E-state index contributed by atoms with van der Waals surface area (Å²) in [5.41, 5.74) is 1.90. The molecule has 0 N–H and O–H groups in total. The average Bonchev–Trinajstić information content (AvgIpc) is 3.58. The number of ether oxygens (including phenoxy) is 5. The van der Waals surface area contributed by atoms with Gasteiger partial charge in [-0.3, -0.25) is 4.79 Å². The summed E-state index contributed by atoms with van der Waals surface area (Å²) in [7, 11) is -0.838. The summed E-state index contributed by atoms with van der Waals surface area (Å²) < 4.78 is 38.4. The molecule has 0 aliphatic carbocycles. The lowest BCUT2D eigenvalue weighted by molar-refractivity contribution is -0.244. The van der Waals surface area contributed by atoms with Crippen LogP contribution in [-0.2, 0) is 30.3 Å². The molecule has 0 unspecified atom stereocenters. The van der Waals surface area contributed by atoms with Gasteiger partial charge in [0.25, 0.3) is 0 Å². The van der Waals surface area contributed by atoms with Gasteiger partial charge in [0.05, 0.1) is 50.4 Å². The number of para-hydroxylation sites is 1. The van der Waals surface area contributed by atoms with E-state index in [1.165, 1.54) is 7.11 Å². The fourth-order valence-electron chi connectivity index (χ4n) is 5.11. The molecule has 0 spiro atoms. The molecule has 10 nitrogen and oxygen atoms in total. The number of hydrogen-bond donors (Lipinski definition) is 0. The molecular weight excluding hydrogens is 628 g/mol. The molecule has 1 aliphatic heterocycles. The third-order valence-corrected chi connectivity index (χ3v) is 13.2. The predicted octanol–water partition coefficient (Wildman–Crippen LogP) is 7.83. The number of hydrogen-bond acceptors (Lipinski definition) is 9. The number of carbonyl (C=O) groups excluding carboxylic acids is 2. The largest absolute Gasteiger partial charge is 0.543 e. The highest BCUT2D eigenvalue weighted by Crippen LogP contribution is 2.46. The molecule has 11 heteroatoms. The van der Waals surface area contributed by atoms with Gasteiger partial charge in [0, 0.05) is 30.3 Å². The number of rotatable bonds is 15. The summed E-state index contributed by atoms with van der Waals surface area (Å²) >= 11 is 0. The van der Waals surface area contributed by atoms with Crippen LogP contribution in [0.25, 0.3) is 0 Å². The molecule has 1 aliphatic rings. The molecule has 3 aromatic rings. The van der Waals surface area contributed by atoms with Crippen molar-refractivity contribution in [3.8, 4) is 11.5 Å². The first-order valence-corrected chi connectivity index (χ1v) is 19.5. The van der Waals surface area contributed by atoms with Gasteiger partial charge in [0.15, 0.2) is 6.29 Å². The zero-order chi connectivity index (χ0) is 34.7. The second-order valence-electron chi connectivity index (χ2n) is 13.3. The van der Waals surface area contributed by atoms with Crippen molar-refractivity contribution >= 4 is 20.3 Å². The maximum Gasteiger partial charge on any atom is 0.337 e. The Morgan fingerprint density at radius 1 is 1.08 bits per heavy atom. The number of imidazole rings is 1. The third kappa shape index (κ3) is 9.80. The van der Waals surface area contributed by atoms with Crippen LogP contribution in [0.1, 0.15) is 80.8 Å². The SMILES string of the molecule is CCOC(=O)CC/C=C\C[C@@H]1CO[C@H](c2cc(C(=O)OC)ccc2OCCn2ccnc2)O[C@@H]1c1ccccc1O[Si](C)(C)C(C)(C)C. The Morgan fingerprint density at radius 3 is 2.58 bits per heavy atom. The van der Waals surface area contributed by atoms with Crippen molar-refractivity contribution in [2.75, 3.05) is 26.9 Å². The number of nitrogens with zero attached hydrogens (tertiary/aromatic N) is 2. The molecule has 2 heterocycles. The first-order chi connectivity index (χ1) is 22.9. The smallest absolute Gasteiger partial charge is 0.337 e. The first kappa shape index (κ1) is 36.9. The summed E-state index contributed by atoms with van der Waals surface area (Å²) in [6.45, 7) is 14.6. The summed E-state index contributed by atoms with van der Waals surface area (Å²) in [6.07, 6.45) is 9.75. The van der Waals surface area contributed by atoms with Gasteiger partial charge in [0.2, 0.25) is 8.32 Å². The van der Waals surface area contributed by atoms with E-state index in [0.29, 0.717) is 62.5 Å². The van der Waals surface area contributed by atoms with Crippen LogP contribution in [0.15, 0.2) is 73.3 Å². The van der Waals surface area contributed by atoms with Crippen LogP contribution < -0.4 is 9.16 Å². The minimum atomic E-state index is -2.19. The topological polar surface area (TPSA) is 107 Å². The van der Waals surface area contributed by atoms with Crippen LogP contribution in [0, 0.1) is 5.92 Å². The average molecular weight is 679 g/mol. The number of allylic oxidation sites excluding steroid dienone is 2. The predicted molar refractivity (Wildman–Crippen MR) is 185 cm³/mol. The fraction of sp³-hybridized carbons (Fsp3) is 0.486. The molecule has 48 heavy (non-hydrogen) atoms. The van der Waals surface area contributed by atoms with Gasteiger partial charge in [-0.15, -0.1) is 0 Å². The number of benzene rings is 2. The summed E-state index contributed by atoms with van der Waals surface area (Å²) in [6, 6.07) is 13.2. The van der Waals surface area contributed by atoms with Crippen molar-refractivity contribution < 1.29 is 37.7 Å². The minimum absolute atomic E-state index is 0.00246. The van der Waals surface area contributed by atoms with Crippen molar-refractivity contribution in [1.29, 1.82) is 0 Å². The van der Waals surface area contributed by atoms with E-state index < -0.39 is 26.7 Å². The van der Waals surface area contributed by atoms with Gasteiger partial charge in [-0.05, 0) is 62.2 Å². The Morgan fingerprint density at radius 2 is 1.88 bits per heavy atom. The molecule has 2 aromatic carbocycles. The van der Waals surface area contributed by atoms with E-state index in [9.17, 15) is 9.59 Å². The zero-order valence-corrected chi connectivity index (χ0v) is 30.3. The van der Waals surface area contributed by atoms with Gasteiger partial charge >= 0.3 is 11.9 Å². The Bertz CT molecular complexity index is 1520. The van der Waals surface area contributed by atoms with E-state index in [4.69, 9.17) is 28.1 Å². The number of esters is 2. The van der Waals surface area contributed by atoms with Gasteiger partial charge in [-0.2, -0.15) is 0 Å². The van der Waals surface area contributed by atoms with Crippen molar-refractivity contribution in [3.05, 3.63) is 90.0 Å². The molecule has 260 valence electrons. The lowest BCUT2D eigenvalue weighted by atomic mass is 9.91. The molecule has 0 saturated carbocycles. The van der Waals surface area contributed by atoms with Crippen molar-refractivity contribution in [3.63, 3.8) is 0 Å². The fourth-order valence-corrected chi connectivity index (χ4v) is 6.15. The third-order valence-electron chi connectivity index (χ3n) is 8.83. The Kier molecular flexibility index (Phi) is 13.0. The lowest BCUT2D eigenvalue weighted by Crippen LogP contribution is -2.44. The van der Waals surface area contributed by atoms with Gasteiger partial charge in [-0.1, -0.05) is 51.1 Å². The van der Waals surface area contributed by atoms with E-state index in [1.54, 1.807) is 37.6 Å². The Balaban J connectivity index is 1.65. The maximum absolute atomic E-state index is 12.6. The van der Waals surface area contributed by atoms with Crippen LogP contribution in [0.5, 0.6) is 11.5 Å². The highest BCUT2D eigenvalue weighted by Gasteiger charge is 2.41. The summed E-state index contributed by atoms with van der Waals surface area (Å²) in [5.74, 6) is 0.619. The standard InChI is InChI=1S/C37H50N2O8Si/c1-8-43-33(40)17-11-9-10-14-28-25-45-36(46-34(28)29-15-12-13-16-32(29)47-48(6,7)37(2,3)4)30-24-27(35(41)42-5)18-19-31(30)44-23-22-39-21-20-38-26-39/h9-10,12-13,15-16,18-21,24,26,28,34,36H,8,11,14,17,22-23,25H2,1-7H3/b10-9-/t28-,34+,36+/m1/s1. The molecule has 3 atom stereocenters. The number of carbonyl (C=O) groups is 2. The molecule has 0 radical (unpaired) electrons. The molecule has 0 bridgehead atoms. The second-order valence-corrected chi connectivity index (χ2v) is 18.1. The monoisotopic (exact) mass is 678 g/mol. The van der Waals surface area contributed by atoms with Crippen molar-refractivity contribution in [2.45, 2.75) is 84.0 Å². The van der Waals surface area contributed by atoms with E-state index >= 15 is 0 Å². The first-order valence-electron chi connectivity index (χ1n) is 16.6. The summed E-state index contributed by atoms with van der Waals surface area (Å²) in [4.78, 5) is 28.5. The normalized spacial score (nSPS) is 18.4. The van der Waals surface area contributed by atoms with E-state index in [-0.39, 0.29) is 16.9 Å². The van der Waals surface area contributed by atoms with Crippen LogP contribution in [0.3, 0.4) is 0 Å². The van der Waals surface area contributed by atoms with Crippen molar-refractivity contribution in [1.82, 2.24) is 9.55 Å². The minimum Gasteiger partial charge on any atom is -0.543 e. The van der Waals surface area contributed by atoms with E-state index in [0.717, 1.165) is 11.3 Å². The highest BCUT2D eigenvalue weighted by molar-refractivity contribution is 6.74. The van der Waals surface area contributed by atoms with Crippen LogP contribution in [0.4, 0.5) is 0 Å². The molecular formula is C37H50N2O8Si. The maximum atomic E-state index is 12.6. The molecule has 4 rings (SSSR count). The number of methoxy groups -OCH3 is 1. The lowest BCUT2D eigenvalue weighted by Gasteiger charge is -2.40. The Hall–Kier alpha value is -3.93. The molecule has 1 fully saturated rings. The van der Waals surface area contributed by atoms with Crippen molar-refractivity contribution in [2.24, 2.45) is 5.92 Å². The highest BCUT2D eigenvalue weighted by atomic mass is 28.4.